The van der Waals surface area contributed by atoms with Crippen LogP contribution in [0.4, 0.5) is 18.9 Å². The van der Waals surface area contributed by atoms with Gasteiger partial charge in [0.25, 0.3) is 0 Å². The highest BCUT2D eigenvalue weighted by molar-refractivity contribution is 5.88. The van der Waals surface area contributed by atoms with Crippen molar-refractivity contribution >= 4 is 11.6 Å². The van der Waals surface area contributed by atoms with Crippen LogP contribution in [0.1, 0.15) is 24.1 Å². The largest absolute Gasteiger partial charge is 0.433 e. The molecule has 10 heteroatoms. The maximum Gasteiger partial charge on any atom is 0.433 e. The molecule has 7 nitrogen and oxygen atoms in total. The van der Waals surface area contributed by atoms with Crippen LogP contribution in [0.5, 0.6) is 0 Å². The highest BCUT2D eigenvalue weighted by atomic mass is 19.4. The molecule has 0 aliphatic heterocycles. The first kappa shape index (κ1) is 18.5. The van der Waals surface area contributed by atoms with Crippen LogP contribution in [0.3, 0.4) is 0 Å². The zero-order chi connectivity index (χ0) is 19.6. The standard InChI is InChI=1S/C17H15F3N6O/c1-10-7-15(17(18,19)20)23-16(21-10)9-26-8-14(24-25-26)12-3-5-13(6-4-12)22-11(2)27/h3-8H,9H2,1-2H3,(H,22,27). The maximum absolute atomic E-state index is 12.9. The van der Waals surface area contributed by atoms with Gasteiger partial charge in [0.2, 0.25) is 5.91 Å². The Morgan fingerprint density at radius 1 is 1.19 bits per heavy atom. The number of amides is 1. The number of nitrogens with zero attached hydrogens (tertiary/aromatic N) is 5. The predicted molar refractivity (Wildman–Crippen MR) is 90.6 cm³/mol. The molecule has 2 heterocycles. The average molecular weight is 376 g/mol. The van der Waals surface area contributed by atoms with Crippen LogP contribution < -0.4 is 5.32 Å². The monoisotopic (exact) mass is 376 g/mol. The van der Waals surface area contributed by atoms with Gasteiger partial charge in [-0.25, -0.2) is 14.6 Å². The summed E-state index contributed by atoms with van der Waals surface area (Å²) in [4.78, 5) is 18.6. The number of carbonyl (C=O) groups is 1. The molecule has 140 valence electrons. The van der Waals surface area contributed by atoms with Crippen molar-refractivity contribution in [2.45, 2.75) is 26.6 Å². The second kappa shape index (κ2) is 7.14. The van der Waals surface area contributed by atoms with E-state index in [0.29, 0.717) is 11.4 Å². The van der Waals surface area contributed by atoms with E-state index in [2.05, 4.69) is 25.6 Å². The molecule has 0 atom stereocenters. The van der Waals surface area contributed by atoms with E-state index in [0.717, 1.165) is 11.6 Å². The first-order valence-corrected chi connectivity index (χ1v) is 7.90. The van der Waals surface area contributed by atoms with Gasteiger partial charge in [-0.15, -0.1) is 5.10 Å². The Bertz CT molecular complexity index is 966. The Balaban J connectivity index is 1.78. The molecular weight excluding hydrogens is 361 g/mol. The first-order chi connectivity index (χ1) is 12.7. The summed E-state index contributed by atoms with van der Waals surface area (Å²) in [5.41, 5.74) is 1.16. The maximum atomic E-state index is 12.9. The number of aryl methyl sites for hydroxylation is 1. The molecule has 0 radical (unpaired) electrons. The fourth-order valence-corrected chi connectivity index (χ4v) is 2.43. The number of anilines is 1. The number of nitrogens with one attached hydrogen (secondary N) is 1. The molecule has 0 bridgehead atoms. The number of rotatable bonds is 4. The summed E-state index contributed by atoms with van der Waals surface area (Å²) in [6, 6.07) is 7.84. The molecule has 2 aromatic heterocycles. The van der Waals surface area contributed by atoms with Crippen LogP contribution >= 0.6 is 0 Å². The van der Waals surface area contributed by atoms with Gasteiger partial charge in [-0.05, 0) is 25.1 Å². The zero-order valence-electron chi connectivity index (χ0n) is 14.4. The molecule has 27 heavy (non-hydrogen) atoms. The zero-order valence-corrected chi connectivity index (χ0v) is 14.4. The van der Waals surface area contributed by atoms with Crippen LogP contribution in [0.25, 0.3) is 11.3 Å². The van der Waals surface area contributed by atoms with Gasteiger partial charge >= 0.3 is 6.18 Å². The average Bonchev–Trinajstić information content (AvgIpc) is 3.02. The van der Waals surface area contributed by atoms with Crippen molar-refractivity contribution < 1.29 is 18.0 Å². The molecule has 0 spiro atoms. The number of alkyl halides is 3. The molecule has 0 saturated heterocycles. The molecular formula is C17H15F3N6O. The van der Waals surface area contributed by atoms with Crippen molar-refractivity contribution in [2.24, 2.45) is 0 Å². The molecule has 1 amide bonds. The number of hydrogen-bond acceptors (Lipinski definition) is 5. The molecule has 3 aromatic rings. The second-order valence-corrected chi connectivity index (χ2v) is 5.87. The minimum atomic E-state index is -4.54. The lowest BCUT2D eigenvalue weighted by molar-refractivity contribution is -0.141. The normalized spacial score (nSPS) is 11.4. The highest BCUT2D eigenvalue weighted by Crippen LogP contribution is 2.28. The number of carbonyl (C=O) groups excluding carboxylic acids is 1. The summed E-state index contributed by atoms with van der Waals surface area (Å²) < 4.78 is 40.0. The molecule has 3 rings (SSSR count). The fraction of sp³-hybridized carbons (Fsp3) is 0.235. The van der Waals surface area contributed by atoms with E-state index in [9.17, 15) is 18.0 Å². The van der Waals surface area contributed by atoms with Gasteiger partial charge in [-0.3, -0.25) is 4.79 Å². The van der Waals surface area contributed by atoms with Gasteiger partial charge in [-0.1, -0.05) is 17.3 Å². The third-order valence-electron chi connectivity index (χ3n) is 3.53. The Morgan fingerprint density at radius 2 is 1.89 bits per heavy atom. The number of hydrogen-bond donors (Lipinski definition) is 1. The van der Waals surface area contributed by atoms with Crippen LogP contribution in [-0.2, 0) is 17.5 Å². The molecule has 1 aromatic carbocycles. The fourth-order valence-electron chi connectivity index (χ4n) is 2.43. The Hall–Kier alpha value is -3.30. The minimum Gasteiger partial charge on any atom is -0.326 e. The number of halogens is 3. The van der Waals surface area contributed by atoms with Crippen molar-refractivity contribution in [1.82, 2.24) is 25.0 Å². The third-order valence-corrected chi connectivity index (χ3v) is 3.53. The number of benzene rings is 1. The summed E-state index contributed by atoms with van der Waals surface area (Å²) in [5.74, 6) is -0.176. The van der Waals surface area contributed by atoms with Crippen molar-refractivity contribution in [3.63, 3.8) is 0 Å². The molecule has 0 aliphatic carbocycles. The van der Waals surface area contributed by atoms with Crippen molar-refractivity contribution in [3.05, 3.63) is 53.7 Å². The lowest BCUT2D eigenvalue weighted by Crippen LogP contribution is -2.14. The summed E-state index contributed by atoms with van der Waals surface area (Å²) >= 11 is 0. The van der Waals surface area contributed by atoms with Crippen LogP contribution in [0.15, 0.2) is 36.5 Å². The van der Waals surface area contributed by atoms with E-state index in [1.165, 1.54) is 18.5 Å². The topological polar surface area (TPSA) is 85.6 Å². The van der Waals surface area contributed by atoms with E-state index < -0.39 is 11.9 Å². The minimum absolute atomic E-state index is 0.000203. The van der Waals surface area contributed by atoms with Gasteiger partial charge in [0, 0.05) is 23.9 Å². The van der Waals surface area contributed by atoms with Crippen LogP contribution in [0, 0.1) is 6.92 Å². The van der Waals surface area contributed by atoms with Crippen molar-refractivity contribution in [1.29, 1.82) is 0 Å². The summed E-state index contributed by atoms with van der Waals surface area (Å²) in [6.07, 6.45) is -2.95. The first-order valence-electron chi connectivity index (χ1n) is 7.90. The molecule has 0 unspecified atom stereocenters. The summed E-state index contributed by atoms with van der Waals surface area (Å²) in [7, 11) is 0. The lowest BCUT2D eigenvalue weighted by Gasteiger charge is -2.08. The quantitative estimate of drug-likeness (QED) is 0.756. The van der Waals surface area contributed by atoms with E-state index in [4.69, 9.17) is 0 Å². The van der Waals surface area contributed by atoms with Gasteiger partial charge in [0.05, 0.1) is 6.20 Å². The third kappa shape index (κ3) is 4.66. The Labute approximate surface area is 152 Å². The van der Waals surface area contributed by atoms with E-state index in [-0.39, 0.29) is 24.0 Å². The Kier molecular flexibility index (Phi) is 4.89. The predicted octanol–water partition coefficient (Wildman–Crippen LogP) is 3.07. The van der Waals surface area contributed by atoms with Gasteiger partial charge in [0.1, 0.15) is 17.9 Å². The highest BCUT2D eigenvalue weighted by Gasteiger charge is 2.33. The van der Waals surface area contributed by atoms with Crippen molar-refractivity contribution in [2.75, 3.05) is 5.32 Å². The van der Waals surface area contributed by atoms with Gasteiger partial charge in [0.15, 0.2) is 5.82 Å². The van der Waals surface area contributed by atoms with E-state index >= 15 is 0 Å². The van der Waals surface area contributed by atoms with Gasteiger partial charge < -0.3 is 5.32 Å². The van der Waals surface area contributed by atoms with Gasteiger partial charge in [-0.2, -0.15) is 13.2 Å². The summed E-state index contributed by atoms with van der Waals surface area (Å²) in [5, 5.41) is 10.6. The second-order valence-electron chi connectivity index (χ2n) is 5.87. The smallest absolute Gasteiger partial charge is 0.326 e. The SMILES string of the molecule is CC(=O)Nc1ccc(-c2cn(Cc3nc(C)cc(C(F)(F)F)n3)nn2)cc1. The van der Waals surface area contributed by atoms with Crippen LogP contribution in [-0.4, -0.2) is 30.9 Å². The summed E-state index contributed by atoms with van der Waals surface area (Å²) in [6.45, 7) is 2.85. The van der Waals surface area contributed by atoms with E-state index in [1.54, 1.807) is 30.5 Å². The number of aromatic nitrogens is 5. The molecule has 0 fully saturated rings. The molecule has 0 saturated carbocycles. The molecule has 0 aliphatic rings. The van der Waals surface area contributed by atoms with Crippen LogP contribution in [0.2, 0.25) is 0 Å². The lowest BCUT2D eigenvalue weighted by atomic mass is 10.1. The Morgan fingerprint density at radius 3 is 2.52 bits per heavy atom. The van der Waals surface area contributed by atoms with E-state index in [1.807, 2.05) is 0 Å². The molecule has 1 N–H and O–H groups in total. The van der Waals surface area contributed by atoms with Crippen molar-refractivity contribution in [3.8, 4) is 11.3 Å².